The predicted molar refractivity (Wildman–Crippen MR) is 74.2 cm³/mol. The zero-order chi connectivity index (χ0) is 11.7. The van der Waals surface area contributed by atoms with Crippen molar-refractivity contribution in [2.45, 2.75) is 5.33 Å². The molecule has 2 nitrogen and oxygen atoms in total. The van der Waals surface area contributed by atoms with Gasteiger partial charge in [-0.1, -0.05) is 52.3 Å². The highest BCUT2D eigenvalue weighted by Crippen LogP contribution is 2.21. The van der Waals surface area contributed by atoms with E-state index >= 15 is 0 Å². The molecule has 3 aromatic rings. The summed E-state index contributed by atoms with van der Waals surface area (Å²) in [5.74, 6) is 0.923. The number of H-pyrrole nitrogens is 1. The van der Waals surface area contributed by atoms with E-state index in [1.54, 1.807) is 0 Å². The lowest BCUT2D eigenvalue weighted by Gasteiger charge is -1.93. The average Bonchev–Trinajstić information content (AvgIpc) is 2.82. The molecule has 0 aliphatic heterocycles. The van der Waals surface area contributed by atoms with E-state index in [4.69, 9.17) is 0 Å². The first-order valence-electron chi connectivity index (χ1n) is 5.47. The van der Waals surface area contributed by atoms with Crippen molar-refractivity contribution < 1.29 is 0 Å². The maximum absolute atomic E-state index is 4.62. The van der Waals surface area contributed by atoms with Gasteiger partial charge in [-0.2, -0.15) is 0 Å². The van der Waals surface area contributed by atoms with Gasteiger partial charge >= 0.3 is 0 Å². The Morgan fingerprint density at radius 1 is 1.06 bits per heavy atom. The molecule has 0 atom stereocenters. The number of rotatable bonds is 2. The smallest absolute Gasteiger partial charge is 0.138 e. The van der Waals surface area contributed by atoms with E-state index in [0.717, 1.165) is 27.8 Å². The molecule has 0 bridgehead atoms. The lowest BCUT2D eigenvalue weighted by molar-refractivity contribution is 1.34. The third-order valence-electron chi connectivity index (χ3n) is 2.75. The first-order chi connectivity index (χ1) is 8.36. The van der Waals surface area contributed by atoms with Gasteiger partial charge < -0.3 is 4.98 Å². The van der Waals surface area contributed by atoms with Crippen molar-refractivity contribution in [2.75, 3.05) is 0 Å². The third-order valence-corrected chi connectivity index (χ3v) is 3.40. The monoisotopic (exact) mass is 286 g/mol. The van der Waals surface area contributed by atoms with Crippen molar-refractivity contribution in [2.24, 2.45) is 0 Å². The van der Waals surface area contributed by atoms with Gasteiger partial charge in [-0.05, 0) is 17.7 Å². The molecule has 3 heteroatoms. The second-order valence-electron chi connectivity index (χ2n) is 3.94. The predicted octanol–water partition coefficient (Wildman–Crippen LogP) is 4.12. The number of hydrogen-bond acceptors (Lipinski definition) is 1. The van der Waals surface area contributed by atoms with Crippen molar-refractivity contribution >= 4 is 27.0 Å². The van der Waals surface area contributed by atoms with Gasteiger partial charge in [-0.3, -0.25) is 0 Å². The zero-order valence-electron chi connectivity index (χ0n) is 9.15. The molecule has 0 saturated carbocycles. The van der Waals surface area contributed by atoms with Gasteiger partial charge in [0.25, 0.3) is 0 Å². The van der Waals surface area contributed by atoms with Crippen LogP contribution in [0.25, 0.3) is 22.4 Å². The van der Waals surface area contributed by atoms with Gasteiger partial charge in [0.05, 0.1) is 11.0 Å². The molecule has 0 amide bonds. The quantitative estimate of drug-likeness (QED) is 0.705. The fourth-order valence-corrected chi connectivity index (χ4v) is 2.22. The number of hydrogen-bond donors (Lipinski definition) is 1. The summed E-state index contributed by atoms with van der Waals surface area (Å²) in [4.78, 5) is 7.95. The minimum Gasteiger partial charge on any atom is -0.338 e. The van der Waals surface area contributed by atoms with Crippen molar-refractivity contribution in [3.8, 4) is 11.4 Å². The average molecular weight is 287 g/mol. The van der Waals surface area contributed by atoms with Gasteiger partial charge in [0, 0.05) is 10.9 Å². The molecule has 1 aromatic heterocycles. The molecular formula is C14H11BrN2. The molecule has 0 aliphatic carbocycles. The van der Waals surface area contributed by atoms with Gasteiger partial charge in [0.1, 0.15) is 5.82 Å². The lowest BCUT2D eigenvalue weighted by atomic mass is 10.2. The zero-order valence-corrected chi connectivity index (χ0v) is 10.7. The van der Waals surface area contributed by atoms with E-state index in [1.807, 2.05) is 18.2 Å². The van der Waals surface area contributed by atoms with Crippen LogP contribution < -0.4 is 0 Å². The minimum atomic E-state index is 0.858. The Labute approximate surface area is 108 Å². The first kappa shape index (κ1) is 10.5. The van der Waals surface area contributed by atoms with Crippen molar-refractivity contribution in [1.82, 2.24) is 9.97 Å². The van der Waals surface area contributed by atoms with Crippen LogP contribution in [0.2, 0.25) is 0 Å². The summed E-state index contributed by atoms with van der Waals surface area (Å²) in [7, 11) is 0. The highest BCUT2D eigenvalue weighted by Gasteiger charge is 2.04. The van der Waals surface area contributed by atoms with Gasteiger partial charge in [-0.15, -0.1) is 0 Å². The Hall–Kier alpha value is -1.61. The number of alkyl halides is 1. The molecule has 0 spiro atoms. The molecule has 1 heterocycles. The van der Waals surface area contributed by atoms with Gasteiger partial charge in [-0.25, -0.2) is 4.98 Å². The minimum absolute atomic E-state index is 0.858. The Morgan fingerprint density at radius 3 is 2.65 bits per heavy atom. The molecule has 3 rings (SSSR count). The molecule has 0 saturated heterocycles. The number of aromatic nitrogens is 2. The number of nitrogens with zero attached hydrogens (tertiary/aromatic N) is 1. The molecule has 0 unspecified atom stereocenters. The largest absolute Gasteiger partial charge is 0.338 e. The summed E-state index contributed by atoms with van der Waals surface area (Å²) in [6.45, 7) is 0. The second kappa shape index (κ2) is 4.34. The van der Waals surface area contributed by atoms with E-state index < -0.39 is 0 Å². The van der Waals surface area contributed by atoms with Gasteiger partial charge in [0.2, 0.25) is 0 Å². The third kappa shape index (κ3) is 1.98. The Bertz CT molecular complexity index is 644. The number of benzene rings is 2. The summed E-state index contributed by atoms with van der Waals surface area (Å²) >= 11 is 3.46. The van der Waals surface area contributed by atoms with Crippen molar-refractivity contribution in [1.29, 1.82) is 0 Å². The van der Waals surface area contributed by atoms with Crippen LogP contribution in [0.3, 0.4) is 0 Å². The van der Waals surface area contributed by atoms with Crippen LogP contribution >= 0.6 is 15.9 Å². The standard InChI is InChI=1S/C14H11BrN2/c15-9-10-6-7-12-13(8-10)17-14(16-12)11-4-2-1-3-5-11/h1-8H,9H2,(H,16,17). The first-order valence-corrected chi connectivity index (χ1v) is 6.59. The number of nitrogens with one attached hydrogen (secondary N) is 1. The maximum Gasteiger partial charge on any atom is 0.138 e. The van der Waals surface area contributed by atoms with Crippen molar-refractivity contribution in [3.63, 3.8) is 0 Å². The summed E-state index contributed by atoms with van der Waals surface area (Å²) in [6.07, 6.45) is 0. The fourth-order valence-electron chi connectivity index (χ4n) is 1.87. The van der Waals surface area contributed by atoms with Crippen LogP contribution in [0.1, 0.15) is 5.56 Å². The fraction of sp³-hybridized carbons (Fsp3) is 0.0714. The molecule has 17 heavy (non-hydrogen) atoms. The Morgan fingerprint density at radius 2 is 1.88 bits per heavy atom. The van der Waals surface area contributed by atoms with E-state index in [9.17, 15) is 0 Å². The number of imidazole rings is 1. The molecule has 0 aliphatic rings. The summed E-state index contributed by atoms with van der Waals surface area (Å²) < 4.78 is 0. The van der Waals surface area contributed by atoms with Crippen LogP contribution in [0.15, 0.2) is 48.5 Å². The number of halogens is 1. The van der Waals surface area contributed by atoms with E-state index in [2.05, 4.69) is 56.2 Å². The highest BCUT2D eigenvalue weighted by molar-refractivity contribution is 9.08. The maximum atomic E-state index is 4.62. The normalized spacial score (nSPS) is 10.9. The molecule has 0 fully saturated rings. The molecular weight excluding hydrogens is 276 g/mol. The topological polar surface area (TPSA) is 28.7 Å². The molecule has 1 N–H and O–H groups in total. The molecule has 0 radical (unpaired) electrons. The number of fused-ring (bicyclic) bond motifs is 1. The van der Waals surface area contributed by atoms with Crippen LogP contribution in [0.4, 0.5) is 0 Å². The number of aromatic amines is 1. The Kier molecular flexibility index (Phi) is 2.69. The van der Waals surface area contributed by atoms with Crippen LogP contribution in [0, 0.1) is 0 Å². The Balaban J connectivity index is 2.14. The van der Waals surface area contributed by atoms with Crippen LogP contribution in [-0.2, 0) is 5.33 Å². The van der Waals surface area contributed by atoms with Gasteiger partial charge in [0.15, 0.2) is 0 Å². The van der Waals surface area contributed by atoms with E-state index in [1.165, 1.54) is 5.56 Å². The summed E-state index contributed by atoms with van der Waals surface area (Å²) in [5.41, 5.74) is 4.45. The highest BCUT2D eigenvalue weighted by atomic mass is 79.9. The summed E-state index contributed by atoms with van der Waals surface area (Å²) in [6, 6.07) is 16.4. The lowest BCUT2D eigenvalue weighted by Crippen LogP contribution is -1.78. The SMILES string of the molecule is BrCc1ccc2[nH]c(-c3ccccc3)nc2c1. The van der Waals surface area contributed by atoms with E-state index in [-0.39, 0.29) is 0 Å². The van der Waals surface area contributed by atoms with E-state index in [0.29, 0.717) is 0 Å². The summed E-state index contributed by atoms with van der Waals surface area (Å²) in [5, 5.41) is 0.858. The van der Waals surface area contributed by atoms with Crippen LogP contribution in [0.5, 0.6) is 0 Å². The van der Waals surface area contributed by atoms with Crippen molar-refractivity contribution in [3.05, 3.63) is 54.1 Å². The molecule has 84 valence electrons. The molecule has 2 aromatic carbocycles. The van der Waals surface area contributed by atoms with Crippen LogP contribution in [-0.4, -0.2) is 9.97 Å². The second-order valence-corrected chi connectivity index (χ2v) is 4.50.